The number of hydrogen-bond acceptors (Lipinski definition) is 2. The Morgan fingerprint density at radius 1 is 1.25 bits per heavy atom. The first kappa shape index (κ1) is 11.6. The second-order valence-corrected chi connectivity index (χ2v) is 5.17. The van der Waals surface area contributed by atoms with Gasteiger partial charge in [0.2, 0.25) is 0 Å². The Balaban J connectivity index is 2.11. The predicted molar refractivity (Wildman–Crippen MR) is 66.8 cm³/mol. The first-order valence-corrected chi connectivity index (χ1v) is 6.01. The van der Waals surface area contributed by atoms with Gasteiger partial charge in [-0.15, -0.1) is 0 Å². The van der Waals surface area contributed by atoms with Crippen LogP contribution in [0.2, 0.25) is 0 Å². The quantitative estimate of drug-likeness (QED) is 0.838. The normalized spacial score (nSPS) is 18.5. The summed E-state index contributed by atoms with van der Waals surface area (Å²) in [6.45, 7) is 9.18. The molecule has 1 saturated heterocycles. The maximum absolute atomic E-state index is 5.42. The van der Waals surface area contributed by atoms with Crippen LogP contribution in [0.5, 0.6) is 0 Å². The van der Waals surface area contributed by atoms with Crippen molar-refractivity contribution in [2.45, 2.75) is 32.2 Å². The highest BCUT2D eigenvalue weighted by Gasteiger charge is 2.39. The lowest BCUT2D eigenvalue weighted by molar-refractivity contribution is -0.0597. The minimum Gasteiger partial charge on any atom is -0.379 e. The Bertz CT molecular complexity index is 338. The fourth-order valence-corrected chi connectivity index (χ4v) is 2.03. The van der Waals surface area contributed by atoms with Crippen molar-refractivity contribution in [2.75, 3.05) is 19.8 Å². The second-order valence-electron chi connectivity index (χ2n) is 5.17. The zero-order valence-corrected chi connectivity index (χ0v) is 10.4. The number of ether oxygens (including phenoxy) is 1. The molecule has 1 N–H and O–H groups in total. The molecule has 2 rings (SSSR count). The van der Waals surface area contributed by atoms with Crippen LogP contribution in [-0.2, 0) is 10.2 Å². The van der Waals surface area contributed by atoms with E-state index >= 15 is 0 Å². The van der Waals surface area contributed by atoms with E-state index in [1.54, 1.807) is 0 Å². The third-order valence-corrected chi connectivity index (χ3v) is 3.27. The van der Waals surface area contributed by atoms with Crippen LogP contribution in [0.25, 0.3) is 0 Å². The van der Waals surface area contributed by atoms with Gasteiger partial charge in [0.1, 0.15) is 0 Å². The monoisotopic (exact) mass is 219 g/mol. The van der Waals surface area contributed by atoms with Gasteiger partial charge in [0.15, 0.2) is 0 Å². The predicted octanol–water partition coefficient (Wildman–Crippen LogP) is 2.26. The summed E-state index contributed by atoms with van der Waals surface area (Å²) in [7, 11) is 0. The highest BCUT2D eigenvalue weighted by atomic mass is 16.5. The largest absolute Gasteiger partial charge is 0.379 e. The van der Waals surface area contributed by atoms with Crippen LogP contribution >= 0.6 is 0 Å². The van der Waals surface area contributed by atoms with E-state index in [1.165, 1.54) is 11.1 Å². The van der Waals surface area contributed by atoms with Crippen molar-refractivity contribution in [1.29, 1.82) is 0 Å². The third kappa shape index (κ3) is 2.28. The molecule has 0 unspecified atom stereocenters. The van der Waals surface area contributed by atoms with Crippen molar-refractivity contribution >= 4 is 0 Å². The molecule has 0 aliphatic carbocycles. The van der Waals surface area contributed by atoms with Crippen LogP contribution in [0.1, 0.15) is 25.0 Å². The van der Waals surface area contributed by atoms with Crippen LogP contribution in [0.4, 0.5) is 0 Å². The molecule has 0 atom stereocenters. The summed E-state index contributed by atoms with van der Waals surface area (Å²) in [5, 5.41) is 3.52. The van der Waals surface area contributed by atoms with Crippen molar-refractivity contribution in [3.8, 4) is 0 Å². The zero-order chi connectivity index (χ0) is 11.6. The van der Waals surface area contributed by atoms with E-state index in [4.69, 9.17) is 4.74 Å². The van der Waals surface area contributed by atoms with E-state index in [0.29, 0.717) is 6.04 Å². The number of nitrogens with one attached hydrogen (secondary N) is 1. The first-order chi connectivity index (χ1) is 7.62. The lowest BCUT2D eigenvalue weighted by atomic mass is 9.78. The first-order valence-electron chi connectivity index (χ1n) is 6.01. The maximum Gasteiger partial charge on any atom is 0.0598 e. The standard InChI is InChI=1S/C14H21NO/c1-11(2)15-8-14(9-16-10-14)13-6-4-12(3)5-7-13/h4-7,11,15H,8-10H2,1-3H3. The summed E-state index contributed by atoms with van der Waals surface area (Å²) in [5.74, 6) is 0. The Morgan fingerprint density at radius 3 is 2.31 bits per heavy atom. The molecule has 1 fully saturated rings. The Morgan fingerprint density at radius 2 is 1.88 bits per heavy atom. The molecule has 0 radical (unpaired) electrons. The van der Waals surface area contributed by atoms with Gasteiger partial charge < -0.3 is 10.1 Å². The van der Waals surface area contributed by atoms with E-state index in [2.05, 4.69) is 50.4 Å². The van der Waals surface area contributed by atoms with Gasteiger partial charge in [-0.25, -0.2) is 0 Å². The maximum atomic E-state index is 5.42. The van der Waals surface area contributed by atoms with E-state index in [9.17, 15) is 0 Å². The molecular formula is C14H21NO. The van der Waals surface area contributed by atoms with Crippen molar-refractivity contribution in [3.05, 3.63) is 35.4 Å². The third-order valence-electron chi connectivity index (χ3n) is 3.27. The number of aryl methyl sites for hydroxylation is 1. The van der Waals surface area contributed by atoms with Crippen molar-refractivity contribution in [2.24, 2.45) is 0 Å². The van der Waals surface area contributed by atoms with E-state index in [-0.39, 0.29) is 5.41 Å². The molecule has 0 spiro atoms. The summed E-state index contributed by atoms with van der Waals surface area (Å²) < 4.78 is 5.42. The SMILES string of the molecule is Cc1ccc(C2(CNC(C)C)COC2)cc1. The minimum atomic E-state index is 0.206. The number of rotatable bonds is 4. The van der Waals surface area contributed by atoms with E-state index in [1.807, 2.05) is 0 Å². The van der Waals surface area contributed by atoms with Crippen molar-refractivity contribution in [3.63, 3.8) is 0 Å². The van der Waals surface area contributed by atoms with Crippen LogP contribution in [0.15, 0.2) is 24.3 Å². The summed E-state index contributed by atoms with van der Waals surface area (Å²) in [5.41, 5.74) is 2.92. The molecular weight excluding hydrogens is 198 g/mol. The Kier molecular flexibility index (Phi) is 3.31. The van der Waals surface area contributed by atoms with Crippen LogP contribution in [0, 0.1) is 6.92 Å². The molecule has 1 aliphatic heterocycles. The Labute approximate surface area is 98.0 Å². The molecule has 88 valence electrons. The average Bonchev–Trinajstić information content (AvgIpc) is 2.18. The molecule has 1 aromatic carbocycles. The highest BCUT2D eigenvalue weighted by molar-refractivity contribution is 5.31. The molecule has 0 aromatic heterocycles. The molecule has 1 aliphatic rings. The topological polar surface area (TPSA) is 21.3 Å². The smallest absolute Gasteiger partial charge is 0.0598 e. The van der Waals surface area contributed by atoms with Crippen molar-refractivity contribution < 1.29 is 4.74 Å². The molecule has 16 heavy (non-hydrogen) atoms. The summed E-state index contributed by atoms with van der Waals surface area (Å²) in [6, 6.07) is 9.37. The molecule has 0 saturated carbocycles. The van der Waals surface area contributed by atoms with Gasteiger partial charge in [0, 0.05) is 12.6 Å². The fourth-order valence-electron chi connectivity index (χ4n) is 2.03. The number of benzene rings is 1. The van der Waals surface area contributed by atoms with Crippen LogP contribution in [-0.4, -0.2) is 25.8 Å². The van der Waals surface area contributed by atoms with E-state index < -0.39 is 0 Å². The lowest BCUT2D eigenvalue weighted by Crippen LogP contribution is -2.54. The van der Waals surface area contributed by atoms with Gasteiger partial charge in [-0.05, 0) is 12.5 Å². The minimum absolute atomic E-state index is 0.206. The average molecular weight is 219 g/mol. The van der Waals surface area contributed by atoms with Gasteiger partial charge >= 0.3 is 0 Å². The molecule has 2 nitrogen and oxygen atoms in total. The molecule has 2 heteroatoms. The zero-order valence-electron chi connectivity index (χ0n) is 10.4. The molecule has 0 amide bonds. The number of hydrogen-bond donors (Lipinski definition) is 1. The summed E-state index contributed by atoms with van der Waals surface area (Å²) >= 11 is 0. The van der Waals surface area contributed by atoms with Crippen LogP contribution in [0.3, 0.4) is 0 Å². The second kappa shape index (κ2) is 4.56. The molecule has 1 heterocycles. The Hall–Kier alpha value is -0.860. The van der Waals surface area contributed by atoms with Crippen LogP contribution < -0.4 is 5.32 Å². The lowest BCUT2D eigenvalue weighted by Gasteiger charge is -2.42. The molecule has 0 bridgehead atoms. The molecule has 1 aromatic rings. The van der Waals surface area contributed by atoms with E-state index in [0.717, 1.165) is 19.8 Å². The van der Waals surface area contributed by atoms with Gasteiger partial charge in [-0.1, -0.05) is 43.7 Å². The van der Waals surface area contributed by atoms with Gasteiger partial charge in [-0.2, -0.15) is 0 Å². The summed E-state index contributed by atoms with van der Waals surface area (Å²) in [4.78, 5) is 0. The van der Waals surface area contributed by atoms with Gasteiger partial charge in [0.25, 0.3) is 0 Å². The van der Waals surface area contributed by atoms with Gasteiger partial charge in [-0.3, -0.25) is 0 Å². The van der Waals surface area contributed by atoms with Gasteiger partial charge in [0.05, 0.1) is 18.6 Å². The van der Waals surface area contributed by atoms with Crippen molar-refractivity contribution in [1.82, 2.24) is 5.32 Å². The highest BCUT2D eigenvalue weighted by Crippen LogP contribution is 2.32. The summed E-state index contributed by atoms with van der Waals surface area (Å²) in [6.07, 6.45) is 0. The fraction of sp³-hybridized carbons (Fsp3) is 0.571.